The van der Waals surface area contributed by atoms with Crippen LogP contribution in [-0.4, -0.2) is 22.2 Å². The molecule has 5 nitrogen and oxygen atoms in total. The molecule has 1 heterocycles. The third-order valence-corrected chi connectivity index (χ3v) is 2.73. The van der Waals surface area contributed by atoms with Gasteiger partial charge >= 0.3 is 0 Å². The van der Waals surface area contributed by atoms with Gasteiger partial charge in [-0.2, -0.15) is 5.10 Å². The number of nitrogens with zero attached hydrogens (tertiary/aromatic N) is 2. The number of nitrogen functional groups attached to an aromatic ring is 1. The van der Waals surface area contributed by atoms with E-state index in [2.05, 4.69) is 10.4 Å². The maximum atomic E-state index is 13.1. The van der Waals surface area contributed by atoms with E-state index in [1.54, 1.807) is 10.9 Å². The van der Waals surface area contributed by atoms with Gasteiger partial charge in [0, 0.05) is 24.5 Å². The predicted molar refractivity (Wildman–Crippen MR) is 70.1 cm³/mol. The number of anilines is 1. The average molecular weight is 280 g/mol. The van der Waals surface area contributed by atoms with Gasteiger partial charge in [0.1, 0.15) is 0 Å². The highest BCUT2D eigenvalue weighted by molar-refractivity contribution is 5.99. The largest absolute Gasteiger partial charge is 0.398 e. The van der Waals surface area contributed by atoms with Crippen molar-refractivity contribution in [1.82, 2.24) is 15.1 Å². The third-order valence-electron chi connectivity index (χ3n) is 2.73. The lowest BCUT2D eigenvalue weighted by Crippen LogP contribution is -2.28. The molecule has 3 N–H and O–H groups in total. The standard InChI is InChI=1S/C13H14F2N4O/c1-8-6-18-19(7-8)3-2-17-13(20)9-4-10(14)11(15)5-12(9)16/h4-7H,2-3,16H2,1H3,(H,17,20). The van der Waals surface area contributed by atoms with Gasteiger partial charge in [0.25, 0.3) is 5.91 Å². The van der Waals surface area contributed by atoms with E-state index in [1.807, 2.05) is 13.1 Å². The Morgan fingerprint density at radius 2 is 2.10 bits per heavy atom. The molecule has 0 unspecified atom stereocenters. The second kappa shape index (κ2) is 5.68. The maximum absolute atomic E-state index is 13.1. The van der Waals surface area contributed by atoms with Crippen LogP contribution in [0.2, 0.25) is 0 Å². The minimum atomic E-state index is -1.10. The number of benzene rings is 1. The number of hydrogen-bond donors (Lipinski definition) is 2. The van der Waals surface area contributed by atoms with Crippen LogP contribution in [0.5, 0.6) is 0 Å². The van der Waals surface area contributed by atoms with Gasteiger partial charge < -0.3 is 11.1 Å². The van der Waals surface area contributed by atoms with Crippen LogP contribution in [-0.2, 0) is 6.54 Å². The molecule has 0 saturated carbocycles. The van der Waals surface area contributed by atoms with Crippen molar-refractivity contribution in [3.05, 3.63) is 47.3 Å². The number of rotatable bonds is 4. The molecule has 2 rings (SSSR count). The van der Waals surface area contributed by atoms with Crippen molar-refractivity contribution in [2.24, 2.45) is 0 Å². The highest BCUT2D eigenvalue weighted by atomic mass is 19.2. The van der Waals surface area contributed by atoms with Gasteiger partial charge in [0.2, 0.25) is 0 Å². The molecular formula is C13H14F2N4O. The summed E-state index contributed by atoms with van der Waals surface area (Å²) in [7, 11) is 0. The van der Waals surface area contributed by atoms with Gasteiger partial charge in [0.05, 0.1) is 18.3 Å². The van der Waals surface area contributed by atoms with Crippen LogP contribution in [0.4, 0.5) is 14.5 Å². The quantitative estimate of drug-likeness (QED) is 0.833. The van der Waals surface area contributed by atoms with Gasteiger partial charge in [-0.05, 0) is 18.6 Å². The van der Waals surface area contributed by atoms with E-state index < -0.39 is 17.5 Å². The number of hydrogen-bond acceptors (Lipinski definition) is 3. The first-order valence-corrected chi connectivity index (χ1v) is 5.99. The van der Waals surface area contributed by atoms with E-state index in [9.17, 15) is 13.6 Å². The van der Waals surface area contributed by atoms with Crippen LogP contribution in [0.1, 0.15) is 15.9 Å². The van der Waals surface area contributed by atoms with E-state index in [4.69, 9.17) is 5.73 Å². The van der Waals surface area contributed by atoms with Crippen molar-refractivity contribution >= 4 is 11.6 Å². The Balaban J connectivity index is 1.97. The Labute approximate surface area is 114 Å². The SMILES string of the molecule is Cc1cnn(CCNC(=O)c2cc(F)c(F)cc2N)c1. The number of aryl methyl sites for hydroxylation is 1. The molecule has 0 aliphatic heterocycles. The number of halogens is 2. The second-order valence-corrected chi connectivity index (χ2v) is 4.39. The summed E-state index contributed by atoms with van der Waals surface area (Å²) in [5.74, 6) is -2.73. The van der Waals surface area contributed by atoms with Crippen LogP contribution in [0, 0.1) is 18.6 Å². The lowest BCUT2D eigenvalue weighted by atomic mass is 10.1. The molecule has 0 spiro atoms. The molecule has 106 valence electrons. The number of carbonyl (C=O) groups is 1. The van der Waals surface area contributed by atoms with Crippen molar-refractivity contribution in [3.63, 3.8) is 0 Å². The summed E-state index contributed by atoms with van der Waals surface area (Å²) < 4.78 is 27.7. The molecule has 1 aromatic heterocycles. The Morgan fingerprint density at radius 3 is 2.75 bits per heavy atom. The van der Waals surface area contributed by atoms with Gasteiger partial charge in [0.15, 0.2) is 11.6 Å². The first-order valence-electron chi connectivity index (χ1n) is 5.99. The third kappa shape index (κ3) is 3.11. The summed E-state index contributed by atoms with van der Waals surface area (Å²) in [6.07, 6.45) is 3.53. The van der Waals surface area contributed by atoms with Crippen LogP contribution in [0.15, 0.2) is 24.5 Å². The lowest BCUT2D eigenvalue weighted by Gasteiger charge is -2.08. The van der Waals surface area contributed by atoms with E-state index >= 15 is 0 Å². The maximum Gasteiger partial charge on any atom is 0.253 e. The number of amides is 1. The van der Waals surface area contributed by atoms with Crippen molar-refractivity contribution in [3.8, 4) is 0 Å². The van der Waals surface area contributed by atoms with Crippen LogP contribution in [0.25, 0.3) is 0 Å². The van der Waals surface area contributed by atoms with Crippen molar-refractivity contribution < 1.29 is 13.6 Å². The molecule has 20 heavy (non-hydrogen) atoms. The van der Waals surface area contributed by atoms with E-state index in [-0.39, 0.29) is 11.3 Å². The molecule has 1 amide bonds. The number of nitrogens with two attached hydrogens (primary N) is 1. The normalized spacial score (nSPS) is 10.6. The minimum Gasteiger partial charge on any atom is -0.398 e. The Morgan fingerprint density at radius 1 is 1.40 bits per heavy atom. The first-order chi connectivity index (χ1) is 9.47. The van der Waals surface area contributed by atoms with Gasteiger partial charge in [-0.25, -0.2) is 8.78 Å². The highest BCUT2D eigenvalue weighted by Crippen LogP contribution is 2.16. The minimum absolute atomic E-state index is 0.0828. The van der Waals surface area contributed by atoms with Crippen LogP contribution < -0.4 is 11.1 Å². The monoisotopic (exact) mass is 280 g/mol. The summed E-state index contributed by atoms with van der Waals surface area (Å²) >= 11 is 0. The molecule has 1 aromatic carbocycles. The van der Waals surface area contributed by atoms with Crippen molar-refractivity contribution in [2.75, 3.05) is 12.3 Å². The van der Waals surface area contributed by atoms with Crippen LogP contribution >= 0.6 is 0 Å². The molecule has 7 heteroatoms. The fraction of sp³-hybridized carbons (Fsp3) is 0.231. The molecule has 0 aliphatic rings. The van der Waals surface area contributed by atoms with Gasteiger partial charge in [-0.15, -0.1) is 0 Å². The number of aromatic nitrogens is 2. The topological polar surface area (TPSA) is 72.9 Å². The van der Waals surface area contributed by atoms with E-state index in [0.29, 0.717) is 13.1 Å². The fourth-order valence-electron chi connectivity index (χ4n) is 1.73. The van der Waals surface area contributed by atoms with Crippen LogP contribution in [0.3, 0.4) is 0 Å². The number of carbonyl (C=O) groups excluding carboxylic acids is 1. The molecule has 0 atom stereocenters. The molecule has 0 aliphatic carbocycles. The molecule has 0 fully saturated rings. The zero-order valence-corrected chi connectivity index (χ0v) is 10.9. The summed E-state index contributed by atoms with van der Waals surface area (Å²) in [4.78, 5) is 11.8. The Kier molecular flexibility index (Phi) is 3.97. The molecule has 0 radical (unpaired) electrons. The first kappa shape index (κ1) is 14.0. The molecule has 0 bridgehead atoms. The number of nitrogens with one attached hydrogen (secondary N) is 1. The summed E-state index contributed by atoms with van der Waals surface area (Å²) in [6, 6.07) is 1.58. The van der Waals surface area contributed by atoms with Crippen molar-refractivity contribution in [1.29, 1.82) is 0 Å². The van der Waals surface area contributed by atoms with Gasteiger partial charge in [-0.1, -0.05) is 0 Å². The summed E-state index contributed by atoms with van der Waals surface area (Å²) in [6.45, 7) is 2.69. The smallest absolute Gasteiger partial charge is 0.253 e. The van der Waals surface area contributed by atoms with Gasteiger partial charge in [-0.3, -0.25) is 9.48 Å². The Hall–Kier alpha value is -2.44. The highest BCUT2D eigenvalue weighted by Gasteiger charge is 2.13. The zero-order valence-electron chi connectivity index (χ0n) is 10.9. The zero-order chi connectivity index (χ0) is 14.7. The van der Waals surface area contributed by atoms with E-state index in [0.717, 1.165) is 17.7 Å². The molecule has 2 aromatic rings. The second-order valence-electron chi connectivity index (χ2n) is 4.39. The molecule has 0 saturated heterocycles. The average Bonchev–Trinajstić information content (AvgIpc) is 2.79. The van der Waals surface area contributed by atoms with E-state index in [1.165, 1.54) is 0 Å². The lowest BCUT2D eigenvalue weighted by molar-refractivity contribution is 0.0952. The summed E-state index contributed by atoms with van der Waals surface area (Å²) in [5.41, 5.74) is 6.32. The molecular weight excluding hydrogens is 266 g/mol. The van der Waals surface area contributed by atoms with Crippen molar-refractivity contribution in [2.45, 2.75) is 13.5 Å². The predicted octanol–water partition coefficient (Wildman–Crippen LogP) is 1.48. The summed E-state index contributed by atoms with van der Waals surface area (Å²) in [5, 5.41) is 6.64. The fourth-order valence-corrected chi connectivity index (χ4v) is 1.73. The Bertz CT molecular complexity index is 639.